The SMILES string of the molecule is O=c1nc(C2CCCCC2)cc(C2CC2)[nH]1. The molecular weight excluding hydrogens is 200 g/mol. The summed E-state index contributed by atoms with van der Waals surface area (Å²) in [6.45, 7) is 0. The van der Waals surface area contributed by atoms with Crippen LogP contribution in [0.5, 0.6) is 0 Å². The van der Waals surface area contributed by atoms with Crippen LogP contribution in [0.15, 0.2) is 10.9 Å². The highest BCUT2D eigenvalue weighted by molar-refractivity contribution is 5.19. The monoisotopic (exact) mass is 218 g/mol. The molecule has 0 unspecified atom stereocenters. The highest BCUT2D eigenvalue weighted by Gasteiger charge is 2.26. The molecule has 0 atom stereocenters. The van der Waals surface area contributed by atoms with Crippen molar-refractivity contribution < 1.29 is 0 Å². The third kappa shape index (κ3) is 2.04. The molecule has 3 nitrogen and oxygen atoms in total. The second-order valence-corrected chi connectivity index (χ2v) is 5.18. The first-order valence-corrected chi connectivity index (χ1v) is 6.44. The maximum absolute atomic E-state index is 11.5. The van der Waals surface area contributed by atoms with Gasteiger partial charge < -0.3 is 4.98 Å². The second kappa shape index (κ2) is 4.04. The maximum atomic E-state index is 11.5. The van der Waals surface area contributed by atoms with Gasteiger partial charge >= 0.3 is 5.69 Å². The summed E-state index contributed by atoms with van der Waals surface area (Å²) in [4.78, 5) is 18.6. The van der Waals surface area contributed by atoms with Crippen LogP contribution in [0.4, 0.5) is 0 Å². The van der Waals surface area contributed by atoms with E-state index < -0.39 is 0 Å². The van der Waals surface area contributed by atoms with Gasteiger partial charge in [-0.15, -0.1) is 0 Å². The Morgan fingerprint density at radius 3 is 2.50 bits per heavy atom. The van der Waals surface area contributed by atoms with Gasteiger partial charge in [0, 0.05) is 11.6 Å². The Morgan fingerprint density at radius 1 is 1.06 bits per heavy atom. The molecule has 0 saturated heterocycles. The Morgan fingerprint density at radius 2 is 1.81 bits per heavy atom. The third-order valence-electron chi connectivity index (χ3n) is 3.83. The maximum Gasteiger partial charge on any atom is 0.345 e. The molecule has 3 heteroatoms. The van der Waals surface area contributed by atoms with E-state index in [0.29, 0.717) is 11.8 Å². The van der Waals surface area contributed by atoms with E-state index in [1.54, 1.807) is 0 Å². The molecule has 0 aliphatic heterocycles. The summed E-state index contributed by atoms with van der Waals surface area (Å²) in [5.41, 5.74) is 2.02. The molecule has 2 aliphatic carbocycles. The molecule has 1 N–H and O–H groups in total. The van der Waals surface area contributed by atoms with Crippen LogP contribution < -0.4 is 5.69 Å². The van der Waals surface area contributed by atoms with E-state index in [1.165, 1.54) is 44.9 Å². The topological polar surface area (TPSA) is 45.8 Å². The molecule has 1 heterocycles. The van der Waals surface area contributed by atoms with Gasteiger partial charge in [0.05, 0.1) is 5.69 Å². The Balaban J connectivity index is 1.89. The van der Waals surface area contributed by atoms with Crippen molar-refractivity contribution in [1.82, 2.24) is 9.97 Å². The molecule has 0 aromatic carbocycles. The van der Waals surface area contributed by atoms with Crippen LogP contribution in [0.1, 0.15) is 68.2 Å². The summed E-state index contributed by atoms with van der Waals surface area (Å²) in [6.07, 6.45) is 8.79. The number of rotatable bonds is 2. The largest absolute Gasteiger partial charge is 0.345 e. The van der Waals surface area contributed by atoms with E-state index in [9.17, 15) is 4.79 Å². The van der Waals surface area contributed by atoms with Crippen molar-refractivity contribution in [3.05, 3.63) is 27.9 Å². The fraction of sp³-hybridized carbons (Fsp3) is 0.692. The Kier molecular flexibility index (Phi) is 2.54. The molecule has 16 heavy (non-hydrogen) atoms. The predicted molar refractivity (Wildman–Crippen MR) is 62.7 cm³/mol. The normalized spacial score (nSPS) is 22.2. The van der Waals surface area contributed by atoms with E-state index >= 15 is 0 Å². The van der Waals surface area contributed by atoms with Crippen molar-refractivity contribution in [3.63, 3.8) is 0 Å². The summed E-state index contributed by atoms with van der Waals surface area (Å²) in [5, 5.41) is 0. The minimum Gasteiger partial charge on any atom is -0.310 e. The smallest absolute Gasteiger partial charge is 0.310 e. The summed E-state index contributed by atoms with van der Waals surface area (Å²) in [7, 11) is 0. The Bertz CT molecular complexity index is 428. The van der Waals surface area contributed by atoms with E-state index in [2.05, 4.69) is 16.0 Å². The lowest BCUT2D eigenvalue weighted by atomic mass is 9.86. The van der Waals surface area contributed by atoms with Crippen LogP contribution in [0.2, 0.25) is 0 Å². The predicted octanol–water partition coefficient (Wildman–Crippen LogP) is 2.70. The Labute approximate surface area is 95.3 Å². The van der Waals surface area contributed by atoms with Gasteiger partial charge in [-0.25, -0.2) is 4.79 Å². The standard InChI is InChI=1S/C13H18N2O/c16-13-14-11(9-4-2-1-3-5-9)8-12(15-13)10-6-7-10/h8-10H,1-7H2,(H,14,15,16). The Hall–Kier alpha value is -1.12. The number of aromatic amines is 1. The van der Waals surface area contributed by atoms with Gasteiger partial charge in [-0.3, -0.25) is 0 Å². The van der Waals surface area contributed by atoms with Crippen LogP contribution >= 0.6 is 0 Å². The van der Waals surface area contributed by atoms with Gasteiger partial charge in [-0.1, -0.05) is 19.3 Å². The first kappa shape index (κ1) is 10.1. The van der Waals surface area contributed by atoms with Gasteiger partial charge in [-0.05, 0) is 37.7 Å². The lowest BCUT2D eigenvalue weighted by molar-refractivity contribution is 0.435. The zero-order chi connectivity index (χ0) is 11.0. The van der Waals surface area contributed by atoms with Crippen LogP contribution in [0.3, 0.4) is 0 Å². The highest BCUT2D eigenvalue weighted by atomic mass is 16.1. The highest BCUT2D eigenvalue weighted by Crippen LogP contribution is 2.39. The molecule has 0 radical (unpaired) electrons. The molecule has 0 spiro atoms. The van der Waals surface area contributed by atoms with Gasteiger partial charge in [0.2, 0.25) is 0 Å². The number of H-pyrrole nitrogens is 1. The molecular formula is C13H18N2O. The van der Waals surface area contributed by atoms with Crippen molar-refractivity contribution in [2.45, 2.75) is 56.8 Å². The van der Waals surface area contributed by atoms with Gasteiger partial charge in [-0.2, -0.15) is 4.98 Å². The van der Waals surface area contributed by atoms with Crippen molar-refractivity contribution in [2.75, 3.05) is 0 Å². The first-order valence-electron chi connectivity index (χ1n) is 6.44. The van der Waals surface area contributed by atoms with Crippen LogP contribution in [0.25, 0.3) is 0 Å². The lowest BCUT2D eigenvalue weighted by Gasteiger charge is -2.21. The molecule has 1 aromatic heterocycles. The quantitative estimate of drug-likeness (QED) is 0.829. The van der Waals surface area contributed by atoms with Crippen LogP contribution in [-0.2, 0) is 0 Å². The third-order valence-corrected chi connectivity index (χ3v) is 3.83. The summed E-state index contributed by atoms with van der Waals surface area (Å²) in [6, 6.07) is 2.15. The zero-order valence-corrected chi connectivity index (χ0v) is 9.54. The van der Waals surface area contributed by atoms with Gasteiger partial charge in [0.1, 0.15) is 0 Å². The van der Waals surface area contributed by atoms with E-state index in [4.69, 9.17) is 0 Å². The molecule has 0 amide bonds. The molecule has 2 saturated carbocycles. The van der Waals surface area contributed by atoms with E-state index in [0.717, 1.165) is 11.4 Å². The van der Waals surface area contributed by atoms with E-state index in [-0.39, 0.29) is 5.69 Å². The number of nitrogens with zero attached hydrogens (tertiary/aromatic N) is 1. The average molecular weight is 218 g/mol. The first-order chi connectivity index (χ1) is 7.83. The molecule has 86 valence electrons. The summed E-state index contributed by atoms with van der Waals surface area (Å²) >= 11 is 0. The lowest BCUT2D eigenvalue weighted by Crippen LogP contribution is -2.18. The second-order valence-electron chi connectivity index (χ2n) is 5.18. The zero-order valence-electron chi connectivity index (χ0n) is 9.54. The molecule has 0 bridgehead atoms. The minimum absolute atomic E-state index is 0.148. The molecule has 1 aromatic rings. The molecule has 3 rings (SSSR count). The fourth-order valence-electron chi connectivity index (χ4n) is 2.72. The van der Waals surface area contributed by atoms with Gasteiger partial charge in [0.15, 0.2) is 0 Å². The van der Waals surface area contributed by atoms with Crippen molar-refractivity contribution in [1.29, 1.82) is 0 Å². The average Bonchev–Trinajstić information content (AvgIpc) is 3.13. The summed E-state index contributed by atoms with van der Waals surface area (Å²) in [5.74, 6) is 1.14. The van der Waals surface area contributed by atoms with Crippen molar-refractivity contribution in [3.8, 4) is 0 Å². The van der Waals surface area contributed by atoms with Crippen LogP contribution in [-0.4, -0.2) is 9.97 Å². The minimum atomic E-state index is -0.148. The fourth-order valence-corrected chi connectivity index (χ4v) is 2.72. The number of hydrogen-bond acceptors (Lipinski definition) is 2. The number of nitrogens with one attached hydrogen (secondary N) is 1. The number of aromatic nitrogens is 2. The molecule has 2 fully saturated rings. The number of hydrogen-bond donors (Lipinski definition) is 1. The van der Waals surface area contributed by atoms with Gasteiger partial charge in [0.25, 0.3) is 0 Å². The van der Waals surface area contributed by atoms with Crippen molar-refractivity contribution in [2.24, 2.45) is 0 Å². The van der Waals surface area contributed by atoms with Crippen molar-refractivity contribution >= 4 is 0 Å². The van der Waals surface area contributed by atoms with E-state index in [1.807, 2.05) is 0 Å². The van der Waals surface area contributed by atoms with Crippen LogP contribution in [0, 0.1) is 0 Å². The molecule has 2 aliphatic rings. The summed E-state index contributed by atoms with van der Waals surface area (Å²) < 4.78 is 0.